The predicted octanol–water partition coefficient (Wildman–Crippen LogP) is 1.49. The van der Waals surface area contributed by atoms with Crippen LogP contribution in [-0.4, -0.2) is 41.9 Å². The normalized spacial score (nSPS) is 17.5. The van der Waals surface area contributed by atoms with E-state index in [-0.39, 0.29) is 11.8 Å². The van der Waals surface area contributed by atoms with Gasteiger partial charge in [-0.3, -0.25) is 9.59 Å². The van der Waals surface area contributed by atoms with Crippen LogP contribution in [0.5, 0.6) is 0 Å². The molecule has 2 heterocycles. The first-order valence-corrected chi connectivity index (χ1v) is 10.0. The minimum atomic E-state index is -0.618. The molecular formula is C21H28N4O4. The van der Waals surface area contributed by atoms with E-state index < -0.39 is 17.7 Å². The molecule has 0 spiro atoms. The van der Waals surface area contributed by atoms with Crippen molar-refractivity contribution in [1.82, 2.24) is 4.90 Å². The van der Waals surface area contributed by atoms with Gasteiger partial charge in [-0.15, -0.1) is 0 Å². The molecule has 29 heavy (non-hydrogen) atoms. The molecule has 2 amide bonds. The molecule has 5 N–H and O–H groups in total. The topological polar surface area (TPSA) is 132 Å². The van der Waals surface area contributed by atoms with Gasteiger partial charge in [0.1, 0.15) is 11.6 Å². The van der Waals surface area contributed by atoms with Crippen LogP contribution < -0.4 is 22.4 Å². The van der Waals surface area contributed by atoms with Gasteiger partial charge in [0.25, 0.3) is 0 Å². The summed E-state index contributed by atoms with van der Waals surface area (Å²) in [6, 6.07) is 5.44. The molecule has 1 aromatic carbocycles. The third-order valence-electron chi connectivity index (χ3n) is 5.34. The van der Waals surface area contributed by atoms with Crippen LogP contribution in [-0.2, 0) is 9.59 Å². The second-order valence-electron chi connectivity index (χ2n) is 7.53. The standard InChI is InChI=1S/C21H28N4O4/c1-13-11-19(26)29-18-12-14(7-8-15(13)18)24-20(27)17-6-4-10-25(17)21(28)16(23)5-2-3-9-22/h7-8,11-12,16-17H,2-6,9-10,22-23H2,1H3,(H,24,27). The Kier molecular flexibility index (Phi) is 6.66. The summed E-state index contributed by atoms with van der Waals surface area (Å²) >= 11 is 0. The van der Waals surface area contributed by atoms with Gasteiger partial charge in [0.05, 0.1) is 6.04 Å². The molecule has 0 radical (unpaired) electrons. The third kappa shape index (κ3) is 4.83. The summed E-state index contributed by atoms with van der Waals surface area (Å²) in [5.74, 6) is -0.459. The molecule has 1 fully saturated rings. The van der Waals surface area contributed by atoms with Gasteiger partial charge >= 0.3 is 5.63 Å². The van der Waals surface area contributed by atoms with Gasteiger partial charge in [0, 0.05) is 29.8 Å². The summed E-state index contributed by atoms with van der Waals surface area (Å²) in [7, 11) is 0. The van der Waals surface area contributed by atoms with Crippen molar-refractivity contribution in [3.63, 3.8) is 0 Å². The second kappa shape index (κ2) is 9.19. The van der Waals surface area contributed by atoms with E-state index in [1.165, 1.54) is 6.07 Å². The maximum Gasteiger partial charge on any atom is 0.336 e. The van der Waals surface area contributed by atoms with Crippen molar-refractivity contribution in [2.75, 3.05) is 18.4 Å². The van der Waals surface area contributed by atoms with Crippen LogP contribution in [0.2, 0.25) is 0 Å². The maximum atomic E-state index is 12.8. The molecule has 1 aliphatic rings. The Labute approximate surface area is 169 Å². The largest absolute Gasteiger partial charge is 0.423 e. The molecule has 1 saturated heterocycles. The number of nitrogens with one attached hydrogen (secondary N) is 1. The van der Waals surface area contributed by atoms with Gasteiger partial charge in [-0.1, -0.05) is 6.42 Å². The molecule has 156 valence electrons. The Bertz CT molecular complexity index is 955. The average molecular weight is 400 g/mol. The summed E-state index contributed by atoms with van der Waals surface area (Å²) < 4.78 is 5.23. The number of fused-ring (bicyclic) bond motifs is 1. The summed E-state index contributed by atoms with van der Waals surface area (Å²) in [6.45, 7) is 2.92. The number of hydrogen-bond donors (Lipinski definition) is 3. The predicted molar refractivity (Wildman–Crippen MR) is 111 cm³/mol. The lowest BCUT2D eigenvalue weighted by Gasteiger charge is -2.26. The highest BCUT2D eigenvalue weighted by molar-refractivity contribution is 5.99. The van der Waals surface area contributed by atoms with E-state index in [0.29, 0.717) is 37.2 Å². The Morgan fingerprint density at radius 2 is 2.10 bits per heavy atom. The molecule has 2 aromatic rings. The van der Waals surface area contributed by atoms with Gasteiger partial charge in [-0.05, 0) is 56.8 Å². The number of aryl methyl sites for hydroxylation is 1. The number of benzene rings is 1. The van der Waals surface area contributed by atoms with Crippen molar-refractivity contribution in [3.05, 3.63) is 40.2 Å². The zero-order valence-corrected chi connectivity index (χ0v) is 16.6. The monoisotopic (exact) mass is 400 g/mol. The van der Waals surface area contributed by atoms with E-state index in [1.807, 2.05) is 6.92 Å². The SMILES string of the molecule is Cc1cc(=O)oc2cc(NC(=O)C3CCCN3C(=O)C(N)CCCCN)ccc12. The number of amides is 2. The fourth-order valence-electron chi connectivity index (χ4n) is 3.78. The second-order valence-corrected chi connectivity index (χ2v) is 7.53. The molecule has 3 rings (SSSR count). The molecule has 8 heteroatoms. The average Bonchev–Trinajstić information content (AvgIpc) is 3.17. The molecule has 2 unspecified atom stereocenters. The van der Waals surface area contributed by atoms with Gasteiger partial charge in [0.15, 0.2) is 0 Å². The number of nitrogens with zero attached hydrogens (tertiary/aromatic N) is 1. The van der Waals surface area contributed by atoms with Crippen molar-refractivity contribution in [1.29, 1.82) is 0 Å². The van der Waals surface area contributed by atoms with Gasteiger partial charge in [-0.25, -0.2) is 4.79 Å². The van der Waals surface area contributed by atoms with E-state index in [2.05, 4.69) is 5.32 Å². The van der Waals surface area contributed by atoms with Crippen molar-refractivity contribution in [2.45, 2.75) is 51.1 Å². The summed E-state index contributed by atoms with van der Waals surface area (Å²) in [4.78, 5) is 38.7. The Morgan fingerprint density at radius 1 is 1.31 bits per heavy atom. The van der Waals surface area contributed by atoms with Crippen LogP contribution in [0.4, 0.5) is 5.69 Å². The zero-order valence-electron chi connectivity index (χ0n) is 16.6. The van der Waals surface area contributed by atoms with Crippen molar-refractivity contribution < 1.29 is 14.0 Å². The minimum absolute atomic E-state index is 0.195. The van der Waals surface area contributed by atoms with Crippen molar-refractivity contribution in [2.24, 2.45) is 11.5 Å². The first-order chi connectivity index (χ1) is 13.9. The molecule has 1 aliphatic heterocycles. The smallest absolute Gasteiger partial charge is 0.336 e. The molecular weight excluding hydrogens is 372 g/mol. The van der Waals surface area contributed by atoms with Crippen LogP contribution in [0.1, 0.15) is 37.7 Å². The van der Waals surface area contributed by atoms with E-state index in [4.69, 9.17) is 15.9 Å². The highest BCUT2D eigenvalue weighted by Gasteiger charge is 2.36. The molecule has 2 atom stereocenters. The number of rotatable bonds is 7. The van der Waals surface area contributed by atoms with E-state index in [0.717, 1.165) is 30.2 Å². The molecule has 8 nitrogen and oxygen atoms in total. The number of anilines is 1. The summed E-state index contributed by atoms with van der Waals surface area (Å²) in [5.41, 5.74) is 12.8. The van der Waals surface area contributed by atoms with E-state index in [9.17, 15) is 14.4 Å². The Balaban J connectivity index is 1.70. The summed E-state index contributed by atoms with van der Waals surface area (Å²) in [6.07, 6.45) is 3.52. The van der Waals surface area contributed by atoms with Gasteiger partial charge in [-0.2, -0.15) is 0 Å². The first kappa shape index (κ1) is 21.0. The lowest BCUT2D eigenvalue weighted by Crippen LogP contribution is -2.49. The van der Waals surface area contributed by atoms with Crippen molar-refractivity contribution >= 4 is 28.5 Å². The number of unbranched alkanes of at least 4 members (excludes halogenated alkanes) is 1. The van der Waals surface area contributed by atoms with E-state index >= 15 is 0 Å². The van der Waals surface area contributed by atoms with Gasteiger partial charge in [0.2, 0.25) is 11.8 Å². The fourth-order valence-corrected chi connectivity index (χ4v) is 3.78. The number of likely N-dealkylation sites (tertiary alicyclic amines) is 1. The zero-order chi connectivity index (χ0) is 21.0. The Hall–Kier alpha value is -2.71. The molecule has 0 saturated carbocycles. The number of carbonyl (C=O) groups is 2. The van der Waals surface area contributed by atoms with Crippen molar-refractivity contribution in [3.8, 4) is 0 Å². The van der Waals surface area contributed by atoms with Gasteiger partial charge < -0.3 is 26.1 Å². The first-order valence-electron chi connectivity index (χ1n) is 10.0. The van der Waals surface area contributed by atoms with E-state index in [1.54, 1.807) is 23.1 Å². The summed E-state index contributed by atoms with van der Waals surface area (Å²) in [5, 5.41) is 3.65. The number of nitrogens with two attached hydrogens (primary N) is 2. The highest BCUT2D eigenvalue weighted by Crippen LogP contribution is 2.24. The number of hydrogen-bond acceptors (Lipinski definition) is 6. The van der Waals surface area contributed by atoms with Crippen LogP contribution in [0, 0.1) is 6.92 Å². The molecule has 1 aromatic heterocycles. The lowest BCUT2D eigenvalue weighted by atomic mass is 10.1. The third-order valence-corrected chi connectivity index (χ3v) is 5.34. The quantitative estimate of drug-likeness (QED) is 0.476. The van der Waals surface area contributed by atoms with Crippen LogP contribution >= 0.6 is 0 Å². The minimum Gasteiger partial charge on any atom is -0.423 e. The Morgan fingerprint density at radius 3 is 2.86 bits per heavy atom. The lowest BCUT2D eigenvalue weighted by molar-refractivity contribution is -0.137. The van der Waals surface area contributed by atoms with Crippen LogP contribution in [0.15, 0.2) is 33.5 Å². The maximum absolute atomic E-state index is 12.8. The molecule has 0 aliphatic carbocycles. The molecule has 0 bridgehead atoms. The van der Waals surface area contributed by atoms with Crippen LogP contribution in [0.3, 0.4) is 0 Å². The fraction of sp³-hybridized carbons (Fsp3) is 0.476. The highest BCUT2D eigenvalue weighted by atomic mass is 16.4. The number of carbonyl (C=O) groups excluding carboxylic acids is 2. The van der Waals surface area contributed by atoms with Crippen LogP contribution in [0.25, 0.3) is 11.0 Å².